The van der Waals surface area contributed by atoms with Crippen molar-refractivity contribution >= 4 is 11.9 Å². The molecule has 8 nitrogen and oxygen atoms in total. The van der Waals surface area contributed by atoms with Gasteiger partial charge in [0.15, 0.2) is 0 Å². The van der Waals surface area contributed by atoms with Crippen molar-refractivity contribution in [2.45, 2.75) is 25.7 Å². The Hall–Kier alpha value is -2.77. The number of amides is 1. The first-order chi connectivity index (χ1) is 12.7. The number of piperidine rings is 2. The Morgan fingerprint density at radius 2 is 1.85 bits per heavy atom. The quantitative estimate of drug-likeness (QED) is 0.867. The second-order valence-electron chi connectivity index (χ2n) is 7.17. The highest BCUT2D eigenvalue weighted by Crippen LogP contribution is 2.40. The number of aromatic nitrogens is 4. The molecule has 0 aromatic carbocycles. The minimum absolute atomic E-state index is 0.116. The molecule has 8 heteroatoms. The van der Waals surface area contributed by atoms with Crippen LogP contribution in [0.25, 0.3) is 0 Å². The first-order valence-corrected chi connectivity index (χ1v) is 9.02. The molecule has 2 aliphatic rings. The van der Waals surface area contributed by atoms with Gasteiger partial charge in [-0.1, -0.05) is 0 Å². The fourth-order valence-corrected chi connectivity index (χ4v) is 4.05. The van der Waals surface area contributed by atoms with Crippen LogP contribution in [0.4, 0.5) is 5.95 Å². The average molecular weight is 354 g/mol. The fourth-order valence-electron chi connectivity index (χ4n) is 4.05. The van der Waals surface area contributed by atoms with Crippen molar-refractivity contribution in [2.24, 2.45) is 5.41 Å². The molecule has 2 fully saturated rings. The smallest absolute Gasteiger partial charge is 0.274 e. The zero-order valence-corrected chi connectivity index (χ0v) is 14.6. The van der Waals surface area contributed by atoms with E-state index in [-0.39, 0.29) is 16.9 Å². The lowest BCUT2D eigenvalue weighted by atomic mass is 9.72. The predicted octanol–water partition coefficient (Wildman–Crippen LogP) is 1.08. The van der Waals surface area contributed by atoms with Crippen LogP contribution < -0.4 is 10.5 Å². The molecule has 1 N–H and O–H groups in total. The molecule has 136 valence electrons. The van der Waals surface area contributed by atoms with Gasteiger partial charge in [-0.3, -0.25) is 9.59 Å². The van der Waals surface area contributed by atoms with Crippen LogP contribution in [0.3, 0.4) is 0 Å². The maximum atomic E-state index is 12.6. The van der Waals surface area contributed by atoms with E-state index in [0.29, 0.717) is 18.8 Å². The van der Waals surface area contributed by atoms with Gasteiger partial charge in [0.2, 0.25) is 5.95 Å². The Balaban J connectivity index is 1.41. The molecular formula is C18H22N6O2. The van der Waals surface area contributed by atoms with E-state index >= 15 is 0 Å². The van der Waals surface area contributed by atoms with Gasteiger partial charge < -0.3 is 9.80 Å². The molecule has 0 atom stereocenters. The van der Waals surface area contributed by atoms with Crippen LogP contribution in [0, 0.1) is 5.41 Å². The number of aromatic amines is 1. The predicted molar refractivity (Wildman–Crippen MR) is 95.9 cm³/mol. The van der Waals surface area contributed by atoms with Gasteiger partial charge in [0.25, 0.3) is 11.5 Å². The van der Waals surface area contributed by atoms with E-state index in [1.807, 2.05) is 11.0 Å². The lowest BCUT2D eigenvalue weighted by Gasteiger charge is -2.47. The van der Waals surface area contributed by atoms with Crippen molar-refractivity contribution in [2.75, 3.05) is 31.1 Å². The second kappa shape index (κ2) is 6.86. The lowest BCUT2D eigenvalue weighted by molar-refractivity contribution is 0.0533. The molecule has 2 saturated heterocycles. The third kappa shape index (κ3) is 3.31. The summed E-state index contributed by atoms with van der Waals surface area (Å²) in [6.07, 6.45) is 7.78. The largest absolute Gasteiger partial charge is 0.340 e. The monoisotopic (exact) mass is 354 g/mol. The Morgan fingerprint density at radius 1 is 1.08 bits per heavy atom. The van der Waals surface area contributed by atoms with Crippen molar-refractivity contribution in [3.63, 3.8) is 0 Å². The van der Waals surface area contributed by atoms with Crippen molar-refractivity contribution in [3.8, 4) is 0 Å². The van der Waals surface area contributed by atoms with Gasteiger partial charge in [-0.2, -0.15) is 5.10 Å². The highest BCUT2D eigenvalue weighted by atomic mass is 16.2. The topological polar surface area (TPSA) is 95.1 Å². The minimum atomic E-state index is -0.301. The molecule has 0 bridgehead atoms. The second-order valence-corrected chi connectivity index (χ2v) is 7.17. The van der Waals surface area contributed by atoms with E-state index < -0.39 is 0 Å². The van der Waals surface area contributed by atoms with E-state index in [1.54, 1.807) is 12.4 Å². The van der Waals surface area contributed by atoms with Crippen LogP contribution in [0.1, 0.15) is 36.2 Å². The third-order valence-corrected chi connectivity index (χ3v) is 5.51. The summed E-state index contributed by atoms with van der Waals surface area (Å²) in [5.74, 6) is 0.678. The van der Waals surface area contributed by atoms with Gasteiger partial charge >= 0.3 is 0 Å². The number of H-pyrrole nitrogens is 1. The standard InChI is InChI=1S/C18H22N6O2/c25-15-4-3-14(21-22-15)16(26)23-11-6-18(7-12-23)5-1-10-24(13-18)17-19-8-2-9-20-17/h2-4,8-9H,1,5-7,10-13H2,(H,22,25). The van der Waals surface area contributed by atoms with Crippen LogP contribution in [-0.2, 0) is 0 Å². The number of rotatable bonds is 2. The molecule has 0 saturated carbocycles. The Morgan fingerprint density at radius 3 is 2.54 bits per heavy atom. The molecule has 0 unspecified atom stereocenters. The molecule has 2 aromatic rings. The summed E-state index contributed by atoms with van der Waals surface area (Å²) < 4.78 is 0. The van der Waals surface area contributed by atoms with E-state index in [0.717, 1.165) is 38.3 Å². The van der Waals surface area contributed by atoms with E-state index in [1.165, 1.54) is 18.6 Å². The summed E-state index contributed by atoms with van der Waals surface area (Å²) >= 11 is 0. The number of likely N-dealkylation sites (tertiary alicyclic amines) is 1. The van der Waals surface area contributed by atoms with Crippen LogP contribution in [0.15, 0.2) is 35.4 Å². The molecule has 0 radical (unpaired) electrons. The van der Waals surface area contributed by atoms with Crippen LogP contribution in [0.5, 0.6) is 0 Å². The van der Waals surface area contributed by atoms with E-state index in [4.69, 9.17) is 0 Å². The van der Waals surface area contributed by atoms with Crippen molar-refractivity contribution in [1.82, 2.24) is 25.1 Å². The maximum absolute atomic E-state index is 12.6. The highest BCUT2D eigenvalue weighted by Gasteiger charge is 2.40. The van der Waals surface area contributed by atoms with Crippen molar-refractivity contribution < 1.29 is 4.79 Å². The number of anilines is 1. The molecule has 1 spiro atoms. The third-order valence-electron chi connectivity index (χ3n) is 5.51. The van der Waals surface area contributed by atoms with Gasteiger partial charge in [0, 0.05) is 44.6 Å². The van der Waals surface area contributed by atoms with Gasteiger partial charge in [-0.05, 0) is 43.2 Å². The van der Waals surface area contributed by atoms with Crippen molar-refractivity contribution in [1.29, 1.82) is 0 Å². The minimum Gasteiger partial charge on any atom is -0.340 e. The maximum Gasteiger partial charge on any atom is 0.274 e. The number of carbonyl (C=O) groups is 1. The summed E-state index contributed by atoms with van der Waals surface area (Å²) in [7, 11) is 0. The first-order valence-electron chi connectivity index (χ1n) is 9.02. The van der Waals surface area contributed by atoms with Crippen LogP contribution in [0.2, 0.25) is 0 Å². The van der Waals surface area contributed by atoms with Gasteiger partial charge in [-0.25, -0.2) is 15.1 Å². The first kappa shape index (κ1) is 16.7. The van der Waals surface area contributed by atoms with E-state index in [2.05, 4.69) is 25.1 Å². The summed E-state index contributed by atoms with van der Waals surface area (Å²) in [6, 6.07) is 4.66. The zero-order valence-electron chi connectivity index (χ0n) is 14.6. The number of hydrogen-bond donors (Lipinski definition) is 1. The number of nitrogens with one attached hydrogen (secondary N) is 1. The lowest BCUT2D eigenvalue weighted by Crippen LogP contribution is -2.51. The number of hydrogen-bond acceptors (Lipinski definition) is 6. The summed E-state index contributed by atoms with van der Waals surface area (Å²) in [5, 5.41) is 6.18. The summed E-state index contributed by atoms with van der Waals surface area (Å²) in [5.41, 5.74) is 0.209. The number of nitrogens with zero attached hydrogens (tertiary/aromatic N) is 5. The van der Waals surface area contributed by atoms with Gasteiger partial charge in [-0.15, -0.1) is 0 Å². The number of carbonyl (C=O) groups excluding carboxylic acids is 1. The average Bonchev–Trinajstić information content (AvgIpc) is 2.69. The van der Waals surface area contributed by atoms with Crippen molar-refractivity contribution in [3.05, 3.63) is 46.6 Å². The Bertz CT molecular complexity index is 809. The molecule has 2 aliphatic heterocycles. The molecule has 0 aliphatic carbocycles. The zero-order chi connectivity index (χ0) is 18.0. The van der Waals surface area contributed by atoms with Crippen LogP contribution in [-0.4, -0.2) is 57.2 Å². The Labute approximate surface area is 151 Å². The van der Waals surface area contributed by atoms with E-state index in [9.17, 15) is 9.59 Å². The van der Waals surface area contributed by atoms with Gasteiger partial charge in [0.1, 0.15) is 5.69 Å². The molecule has 4 rings (SSSR count). The summed E-state index contributed by atoms with van der Waals surface area (Å²) in [6.45, 7) is 3.35. The molecule has 1 amide bonds. The van der Waals surface area contributed by atoms with Crippen LogP contribution >= 0.6 is 0 Å². The summed E-state index contributed by atoms with van der Waals surface area (Å²) in [4.78, 5) is 36.6. The Kier molecular flexibility index (Phi) is 4.40. The molecular weight excluding hydrogens is 332 g/mol. The normalized spacial score (nSPS) is 19.5. The highest BCUT2D eigenvalue weighted by molar-refractivity contribution is 5.92. The molecule has 2 aromatic heterocycles. The molecule has 26 heavy (non-hydrogen) atoms. The fraction of sp³-hybridized carbons (Fsp3) is 0.500. The van der Waals surface area contributed by atoms with Gasteiger partial charge in [0.05, 0.1) is 0 Å². The SMILES string of the molecule is O=C(c1ccc(=O)[nH]n1)N1CCC2(CCCN(c3ncccn3)C2)CC1. The molecule has 4 heterocycles.